The quantitative estimate of drug-likeness (QED) is 0.352. The third-order valence-electron chi connectivity index (χ3n) is 4.59. The smallest absolute Gasteiger partial charge is 0.356 e. The minimum absolute atomic E-state index is 0.449. The number of aromatic nitrogens is 1. The number of alkyl halides is 3. The molecule has 0 saturated heterocycles. The number of hydrogen-bond donors (Lipinski definition) is 0. The van der Waals surface area contributed by atoms with Gasteiger partial charge in [0.15, 0.2) is 5.76 Å². The third kappa shape index (κ3) is 4.49. The Morgan fingerprint density at radius 3 is 2.10 bits per heavy atom. The van der Waals surface area contributed by atoms with Crippen LogP contribution in [0.3, 0.4) is 0 Å². The second-order valence-electron chi connectivity index (χ2n) is 6.69. The maximum atomic E-state index is 12.8. The minimum atomic E-state index is -4.36. The van der Waals surface area contributed by atoms with Crippen LogP contribution < -0.4 is 0 Å². The lowest BCUT2D eigenvalue weighted by atomic mass is 10.0. The lowest BCUT2D eigenvalue weighted by molar-refractivity contribution is -0.137. The zero-order valence-electron chi connectivity index (χ0n) is 15.8. The van der Waals surface area contributed by atoms with E-state index < -0.39 is 17.8 Å². The van der Waals surface area contributed by atoms with Crippen LogP contribution in [-0.4, -0.2) is 11.4 Å². The van der Waals surface area contributed by atoms with Crippen LogP contribution in [0.4, 0.5) is 13.2 Å². The minimum Gasteiger partial charge on any atom is -0.356 e. The zero-order chi connectivity index (χ0) is 21.0. The first-order valence-corrected chi connectivity index (χ1v) is 9.28. The summed E-state index contributed by atoms with van der Waals surface area (Å²) in [6.07, 6.45) is -2.81. The van der Waals surface area contributed by atoms with Gasteiger partial charge in [0, 0.05) is 17.8 Å². The summed E-state index contributed by atoms with van der Waals surface area (Å²) >= 11 is 0. The molecule has 3 nitrogen and oxygen atoms in total. The lowest BCUT2D eigenvalue weighted by Gasteiger charge is -2.10. The van der Waals surface area contributed by atoms with E-state index in [-0.39, 0.29) is 0 Å². The molecule has 1 heterocycles. The van der Waals surface area contributed by atoms with Crippen LogP contribution in [0, 0.1) is 0 Å². The molecule has 30 heavy (non-hydrogen) atoms. The number of benzene rings is 3. The summed E-state index contributed by atoms with van der Waals surface area (Å²) in [5, 5.41) is 4.19. The molecule has 150 valence electrons. The van der Waals surface area contributed by atoms with Gasteiger partial charge in [-0.2, -0.15) is 13.2 Å². The predicted molar refractivity (Wildman–Crippen MR) is 109 cm³/mol. The van der Waals surface area contributed by atoms with Gasteiger partial charge in [0.2, 0.25) is 0 Å². The van der Waals surface area contributed by atoms with E-state index in [0.29, 0.717) is 17.0 Å². The van der Waals surface area contributed by atoms with Crippen molar-refractivity contribution in [3.63, 3.8) is 0 Å². The van der Waals surface area contributed by atoms with E-state index >= 15 is 0 Å². The fraction of sp³-hybridized carbons (Fsp3) is 0.0833. The molecule has 0 N–H and O–H groups in total. The van der Waals surface area contributed by atoms with Crippen LogP contribution in [-0.2, 0) is 6.18 Å². The molecule has 0 aliphatic heterocycles. The predicted octanol–water partition coefficient (Wildman–Crippen LogP) is 6.57. The highest BCUT2D eigenvalue weighted by Crippen LogP contribution is 2.30. The standard InChI is InChI=1S/C24H17F3N2O/c25-24(26,27)20-13-11-17(12-14-20)16-28-23(19-9-5-2-6-10-19)21-15-22(30-29-21)18-7-3-1-4-8-18/h1-16,23H. The van der Waals surface area contributed by atoms with E-state index in [0.717, 1.165) is 23.3 Å². The van der Waals surface area contributed by atoms with Crippen molar-refractivity contribution >= 4 is 6.21 Å². The van der Waals surface area contributed by atoms with Gasteiger partial charge in [-0.15, -0.1) is 0 Å². The van der Waals surface area contributed by atoms with Crippen molar-refractivity contribution in [1.82, 2.24) is 5.16 Å². The van der Waals surface area contributed by atoms with Crippen molar-refractivity contribution in [1.29, 1.82) is 0 Å². The number of nitrogens with zero attached hydrogens (tertiary/aromatic N) is 2. The van der Waals surface area contributed by atoms with E-state index in [1.807, 2.05) is 66.7 Å². The Hall–Kier alpha value is -3.67. The highest BCUT2D eigenvalue weighted by Gasteiger charge is 2.29. The molecule has 0 saturated carbocycles. The summed E-state index contributed by atoms with van der Waals surface area (Å²) in [7, 11) is 0. The Morgan fingerprint density at radius 1 is 0.833 bits per heavy atom. The van der Waals surface area contributed by atoms with Gasteiger partial charge in [0.1, 0.15) is 11.7 Å². The van der Waals surface area contributed by atoms with E-state index in [1.165, 1.54) is 12.1 Å². The van der Waals surface area contributed by atoms with Crippen molar-refractivity contribution in [2.45, 2.75) is 12.2 Å². The van der Waals surface area contributed by atoms with Gasteiger partial charge in [-0.25, -0.2) is 0 Å². The topological polar surface area (TPSA) is 38.4 Å². The van der Waals surface area contributed by atoms with Crippen LogP contribution in [0.1, 0.15) is 28.4 Å². The second-order valence-corrected chi connectivity index (χ2v) is 6.69. The van der Waals surface area contributed by atoms with Crippen molar-refractivity contribution in [3.05, 3.63) is 113 Å². The molecule has 0 bridgehead atoms. The molecular formula is C24H17F3N2O. The molecule has 4 aromatic rings. The van der Waals surface area contributed by atoms with E-state index in [1.54, 1.807) is 6.21 Å². The molecule has 3 aromatic carbocycles. The molecule has 0 radical (unpaired) electrons. The fourth-order valence-corrected chi connectivity index (χ4v) is 3.04. The second kappa shape index (κ2) is 8.37. The highest BCUT2D eigenvalue weighted by atomic mass is 19.4. The molecule has 1 unspecified atom stereocenters. The van der Waals surface area contributed by atoms with Gasteiger partial charge in [-0.05, 0) is 23.3 Å². The van der Waals surface area contributed by atoms with Crippen LogP contribution in [0.15, 0.2) is 101 Å². The molecule has 0 aliphatic rings. The van der Waals surface area contributed by atoms with Gasteiger partial charge in [0.05, 0.1) is 5.56 Å². The Morgan fingerprint density at radius 2 is 1.47 bits per heavy atom. The number of halogens is 3. The number of aliphatic imine (C=N–C) groups is 1. The van der Waals surface area contributed by atoms with E-state index in [9.17, 15) is 13.2 Å². The maximum absolute atomic E-state index is 12.8. The van der Waals surface area contributed by atoms with E-state index in [4.69, 9.17) is 4.52 Å². The first kappa shape index (κ1) is 19.6. The van der Waals surface area contributed by atoms with Crippen LogP contribution in [0.2, 0.25) is 0 Å². The molecule has 0 spiro atoms. The summed E-state index contributed by atoms with van der Waals surface area (Å²) in [5.74, 6) is 0.622. The molecule has 0 fully saturated rings. The summed E-state index contributed by atoms with van der Waals surface area (Å²) in [6, 6.07) is 25.4. The van der Waals surface area contributed by atoms with Crippen molar-refractivity contribution < 1.29 is 17.7 Å². The molecule has 1 atom stereocenters. The molecule has 1 aromatic heterocycles. The van der Waals surface area contributed by atoms with Crippen molar-refractivity contribution in [2.75, 3.05) is 0 Å². The molecule has 4 rings (SSSR count). The average molecular weight is 406 g/mol. The monoisotopic (exact) mass is 406 g/mol. The molecular weight excluding hydrogens is 389 g/mol. The van der Waals surface area contributed by atoms with Gasteiger partial charge < -0.3 is 4.52 Å². The normalized spacial score (nSPS) is 12.9. The Kier molecular flexibility index (Phi) is 5.48. The van der Waals surface area contributed by atoms with Crippen LogP contribution in [0.25, 0.3) is 11.3 Å². The average Bonchev–Trinajstić information content (AvgIpc) is 3.25. The van der Waals surface area contributed by atoms with Crippen LogP contribution in [0.5, 0.6) is 0 Å². The Labute approximate surface area is 171 Å². The number of rotatable bonds is 5. The third-order valence-corrected chi connectivity index (χ3v) is 4.59. The summed E-state index contributed by atoms with van der Waals surface area (Å²) in [4.78, 5) is 4.60. The van der Waals surface area contributed by atoms with E-state index in [2.05, 4.69) is 10.1 Å². The highest BCUT2D eigenvalue weighted by molar-refractivity contribution is 5.80. The summed E-state index contributed by atoms with van der Waals surface area (Å²) in [5.41, 5.74) is 2.28. The van der Waals surface area contributed by atoms with Crippen molar-refractivity contribution in [3.8, 4) is 11.3 Å². The Bertz CT molecular complexity index is 1120. The summed E-state index contributed by atoms with van der Waals surface area (Å²) in [6.45, 7) is 0. The van der Waals surface area contributed by atoms with Gasteiger partial charge in [0.25, 0.3) is 0 Å². The largest absolute Gasteiger partial charge is 0.416 e. The molecule has 0 aliphatic carbocycles. The summed E-state index contributed by atoms with van der Waals surface area (Å²) < 4.78 is 43.8. The van der Waals surface area contributed by atoms with Gasteiger partial charge in [-0.3, -0.25) is 4.99 Å². The van der Waals surface area contributed by atoms with Gasteiger partial charge >= 0.3 is 6.18 Å². The van der Waals surface area contributed by atoms with Crippen LogP contribution >= 0.6 is 0 Å². The molecule has 0 amide bonds. The zero-order valence-corrected chi connectivity index (χ0v) is 15.8. The van der Waals surface area contributed by atoms with Gasteiger partial charge in [-0.1, -0.05) is 78.0 Å². The van der Waals surface area contributed by atoms with Crippen molar-refractivity contribution in [2.24, 2.45) is 4.99 Å². The number of hydrogen-bond acceptors (Lipinski definition) is 3. The first-order valence-electron chi connectivity index (χ1n) is 9.28. The molecule has 6 heteroatoms. The fourth-order valence-electron chi connectivity index (χ4n) is 3.04. The first-order chi connectivity index (χ1) is 14.5. The maximum Gasteiger partial charge on any atom is 0.416 e. The lowest BCUT2D eigenvalue weighted by Crippen LogP contribution is -2.04. The Balaban J connectivity index is 1.65. The SMILES string of the molecule is FC(F)(F)c1ccc(C=NC(c2ccccc2)c2cc(-c3ccccc3)on2)cc1.